The summed E-state index contributed by atoms with van der Waals surface area (Å²) < 4.78 is 0. The second-order valence-electron chi connectivity index (χ2n) is 4.53. The fourth-order valence-electron chi connectivity index (χ4n) is 1.82. The first kappa shape index (κ1) is 16.9. The predicted octanol–water partition coefficient (Wildman–Crippen LogP) is 0.459. The molecule has 3 amide bonds. The highest BCUT2D eigenvalue weighted by atomic mass is 16.2. The molecule has 1 aromatic rings. The van der Waals surface area contributed by atoms with Crippen LogP contribution in [0.5, 0.6) is 0 Å². The molecule has 1 aromatic carbocycles. The largest absolute Gasteiger partial charge is 0.334 e. The van der Waals surface area contributed by atoms with E-state index in [0.29, 0.717) is 26.2 Å². The number of carbonyl (C=O) groups is 2. The summed E-state index contributed by atoms with van der Waals surface area (Å²) in [7, 11) is 0. The van der Waals surface area contributed by atoms with Gasteiger partial charge in [0.25, 0.3) is 0 Å². The van der Waals surface area contributed by atoms with Crippen molar-refractivity contribution in [2.45, 2.75) is 6.54 Å². The first-order valence-corrected chi connectivity index (χ1v) is 6.80. The fourth-order valence-corrected chi connectivity index (χ4v) is 1.82. The maximum atomic E-state index is 11.8. The zero-order chi connectivity index (χ0) is 15.5. The zero-order valence-corrected chi connectivity index (χ0v) is 12.0. The van der Waals surface area contributed by atoms with Gasteiger partial charge in [0.1, 0.15) is 0 Å². The SMILES string of the molecule is C=CCNC(=O)NC(=O)CN(CCN)Cc1ccccc1. The third kappa shape index (κ3) is 7.24. The Balaban J connectivity index is 2.47. The van der Waals surface area contributed by atoms with Crippen molar-refractivity contribution in [1.29, 1.82) is 0 Å². The van der Waals surface area contributed by atoms with Gasteiger partial charge in [-0.3, -0.25) is 15.0 Å². The van der Waals surface area contributed by atoms with E-state index in [4.69, 9.17) is 5.73 Å². The van der Waals surface area contributed by atoms with Crippen LogP contribution in [0, 0.1) is 0 Å². The van der Waals surface area contributed by atoms with E-state index in [1.165, 1.54) is 0 Å². The molecule has 0 radical (unpaired) electrons. The van der Waals surface area contributed by atoms with Gasteiger partial charge in [0.05, 0.1) is 6.54 Å². The van der Waals surface area contributed by atoms with E-state index >= 15 is 0 Å². The second-order valence-corrected chi connectivity index (χ2v) is 4.53. The lowest BCUT2D eigenvalue weighted by molar-refractivity contribution is -0.121. The highest BCUT2D eigenvalue weighted by molar-refractivity contribution is 5.95. The summed E-state index contributed by atoms with van der Waals surface area (Å²) in [4.78, 5) is 25.1. The Morgan fingerprint density at radius 3 is 2.62 bits per heavy atom. The number of benzene rings is 1. The average Bonchev–Trinajstić information content (AvgIpc) is 2.46. The van der Waals surface area contributed by atoms with Gasteiger partial charge in [-0.05, 0) is 5.56 Å². The highest BCUT2D eigenvalue weighted by Crippen LogP contribution is 2.03. The van der Waals surface area contributed by atoms with Gasteiger partial charge in [-0.25, -0.2) is 4.79 Å². The quantitative estimate of drug-likeness (QED) is 0.607. The molecule has 6 heteroatoms. The first-order valence-electron chi connectivity index (χ1n) is 6.80. The van der Waals surface area contributed by atoms with Crippen molar-refractivity contribution in [3.8, 4) is 0 Å². The number of imide groups is 1. The van der Waals surface area contributed by atoms with Crippen molar-refractivity contribution < 1.29 is 9.59 Å². The lowest BCUT2D eigenvalue weighted by Crippen LogP contribution is -2.45. The summed E-state index contributed by atoms with van der Waals surface area (Å²) >= 11 is 0. The van der Waals surface area contributed by atoms with Crippen molar-refractivity contribution in [2.24, 2.45) is 5.73 Å². The minimum Gasteiger partial charge on any atom is -0.334 e. The normalized spacial score (nSPS) is 10.2. The second kappa shape index (κ2) is 9.68. The first-order chi connectivity index (χ1) is 10.2. The molecule has 0 aliphatic carbocycles. The van der Waals surface area contributed by atoms with Crippen LogP contribution in [0.25, 0.3) is 0 Å². The van der Waals surface area contributed by atoms with Crippen molar-refractivity contribution in [1.82, 2.24) is 15.5 Å². The minimum absolute atomic E-state index is 0.119. The molecule has 21 heavy (non-hydrogen) atoms. The third-order valence-corrected chi connectivity index (χ3v) is 2.72. The number of nitrogens with one attached hydrogen (secondary N) is 2. The maximum Gasteiger partial charge on any atom is 0.321 e. The Kier molecular flexibility index (Phi) is 7.78. The molecule has 6 nitrogen and oxygen atoms in total. The smallest absolute Gasteiger partial charge is 0.321 e. The molecule has 1 rings (SSSR count). The monoisotopic (exact) mass is 290 g/mol. The molecule has 0 aliphatic heterocycles. The molecule has 0 saturated carbocycles. The molecule has 0 spiro atoms. The summed E-state index contributed by atoms with van der Waals surface area (Å²) in [5, 5.41) is 4.76. The molecule has 0 aliphatic rings. The van der Waals surface area contributed by atoms with E-state index in [0.717, 1.165) is 5.56 Å². The van der Waals surface area contributed by atoms with E-state index in [9.17, 15) is 9.59 Å². The molecule has 0 aromatic heterocycles. The highest BCUT2D eigenvalue weighted by Gasteiger charge is 2.12. The van der Waals surface area contributed by atoms with E-state index in [-0.39, 0.29) is 12.5 Å². The minimum atomic E-state index is -0.521. The molecule has 0 bridgehead atoms. The molecular weight excluding hydrogens is 268 g/mol. The molecule has 0 atom stereocenters. The van der Waals surface area contributed by atoms with Gasteiger partial charge < -0.3 is 11.1 Å². The van der Waals surface area contributed by atoms with Gasteiger partial charge in [-0.1, -0.05) is 36.4 Å². The number of amides is 3. The Hall–Kier alpha value is -2.18. The molecule has 4 N–H and O–H groups in total. The topological polar surface area (TPSA) is 87.5 Å². The van der Waals surface area contributed by atoms with Crippen LogP contribution in [-0.4, -0.2) is 43.0 Å². The van der Waals surface area contributed by atoms with E-state index in [1.54, 1.807) is 6.08 Å². The Morgan fingerprint density at radius 1 is 1.29 bits per heavy atom. The van der Waals surface area contributed by atoms with Gasteiger partial charge >= 0.3 is 6.03 Å². The van der Waals surface area contributed by atoms with Crippen molar-refractivity contribution in [2.75, 3.05) is 26.2 Å². The zero-order valence-electron chi connectivity index (χ0n) is 12.0. The number of carbonyl (C=O) groups excluding carboxylic acids is 2. The van der Waals surface area contributed by atoms with Crippen LogP contribution in [0.3, 0.4) is 0 Å². The Morgan fingerprint density at radius 2 is 2.00 bits per heavy atom. The lowest BCUT2D eigenvalue weighted by Gasteiger charge is -2.20. The van der Waals surface area contributed by atoms with Crippen LogP contribution >= 0.6 is 0 Å². The molecular formula is C15H22N4O2. The number of urea groups is 1. The van der Waals surface area contributed by atoms with Crippen LogP contribution in [0.1, 0.15) is 5.56 Å². The van der Waals surface area contributed by atoms with Crippen molar-refractivity contribution in [3.05, 3.63) is 48.6 Å². The number of nitrogens with zero attached hydrogens (tertiary/aromatic N) is 1. The van der Waals surface area contributed by atoms with Crippen LogP contribution in [0.4, 0.5) is 4.79 Å². The molecule has 0 fully saturated rings. The summed E-state index contributed by atoms with van der Waals surface area (Å²) in [5.74, 6) is -0.360. The van der Waals surface area contributed by atoms with Crippen molar-refractivity contribution in [3.63, 3.8) is 0 Å². The fraction of sp³-hybridized carbons (Fsp3) is 0.333. The summed E-state index contributed by atoms with van der Waals surface area (Å²) in [6, 6.07) is 9.27. The van der Waals surface area contributed by atoms with E-state index in [2.05, 4.69) is 17.2 Å². The van der Waals surface area contributed by atoms with E-state index in [1.807, 2.05) is 35.2 Å². The molecule has 0 saturated heterocycles. The standard InChI is InChI=1S/C15H22N4O2/c1-2-9-17-15(21)18-14(20)12-19(10-8-16)11-13-6-4-3-5-7-13/h2-7H,1,8-12,16H2,(H2,17,18,20,21). The lowest BCUT2D eigenvalue weighted by atomic mass is 10.2. The van der Waals surface area contributed by atoms with Gasteiger partial charge in [0.15, 0.2) is 0 Å². The number of hydrogen-bond acceptors (Lipinski definition) is 4. The average molecular weight is 290 g/mol. The molecule has 114 valence electrons. The number of hydrogen-bond donors (Lipinski definition) is 3. The van der Waals surface area contributed by atoms with Crippen LogP contribution in [-0.2, 0) is 11.3 Å². The molecule has 0 unspecified atom stereocenters. The third-order valence-electron chi connectivity index (χ3n) is 2.72. The van der Waals surface area contributed by atoms with Gasteiger partial charge in [0.2, 0.25) is 5.91 Å². The summed E-state index contributed by atoms with van der Waals surface area (Å²) in [6.07, 6.45) is 1.54. The van der Waals surface area contributed by atoms with Gasteiger partial charge in [-0.15, -0.1) is 6.58 Å². The number of nitrogens with two attached hydrogens (primary N) is 1. The predicted molar refractivity (Wildman–Crippen MR) is 82.5 cm³/mol. The van der Waals surface area contributed by atoms with Crippen LogP contribution in [0.2, 0.25) is 0 Å². The van der Waals surface area contributed by atoms with Crippen LogP contribution < -0.4 is 16.4 Å². The van der Waals surface area contributed by atoms with Crippen LogP contribution in [0.15, 0.2) is 43.0 Å². The molecule has 0 heterocycles. The van der Waals surface area contributed by atoms with E-state index < -0.39 is 6.03 Å². The van der Waals surface area contributed by atoms with Crippen molar-refractivity contribution >= 4 is 11.9 Å². The Labute approximate surface area is 125 Å². The van der Waals surface area contributed by atoms with Gasteiger partial charge in [0, 0.05) is 26.2 Å². The van der Waals surface area contributed by atoms with Gasteiger partial charge in [-0.2, -0.15) is 0 Å². The summed E-state index contributed by atoms with van der Waals surface area (Å²) in [5.41, 5.74) is 6.65. The Bertz CT molecular complexity index is 462. The maximum absolute atomic E-state index is 11.8. The summed E-state index contributed by atoms with van der Waals surface area (Å²) in [6.45, 7) is 5.55. The number of rotatable bonds is 8.